The lowest BCUT2D eigenvalue weighted by Gasteiger charge is -2.14. The maximum Gasteiger partial charge on any atom is 0.146 e. The number of ether oxygens (including phenoxy) is 1. The second kappa shape index (κ2) is 4.30. The number of aromatic nitrogens is 1. The minimum atomic E-state index is 0.577. The molecule has 0 saturated carbocycles. The maximum absolute atomic E-state index is 9.09. The molecule has 1 heterocycles. The summed E-state index contributed by atoms with van der Waals surface area (Å²) in [6.07, 6.45) is 0. The Labute approximate surface area is 100 Å². The number of nitrogens with zero attached hydrogens (tertiary/aromatic N) is 3. The van der Waals surface area contributed by atoms with Crippen molar-refractivity contribution in [2.24, 2.45) is 0 Å². The van der Waals surface area contributed by atoms with Gasteiger partial charge < -0.3 is 9.64 Å². The van der Waals surface area contributed by atoms with E-state index in [9.17, 15) is 0 Å². The summed E-state index contributed by atoms with van der Waals surface area (Å²) in [6.45, 7) is 0. The average molecular weight is 227 g/mol. The second-order valence-electron chi connectivity index (χ2n) is 3.92. The molecule has 2 rings (SSSR count). The molecular weight excluding hydrogens is 214 g/mol. The van der Waals surface area contributed by atoms with Crippen molar-refractivity contribution in [3.05, 3.63) is 29.8 Å². The van der Waals surface area contributed by atoms with E-state index in [4.69, 9.17) is 10.00 Å². The molecule has 0 fully saturated rings. The monoisotopic (exact) mass is 227 g/mol. The zero-order chi connectivity index (χ0) is 12.4. The number of anilines is 1. The number of pyridine rings is 1. The Balaban J connectivity index is 2.71. The summed E-state index contributed by atoms with van der Waals surface area (Å²) in [6, 6.07) is 9.64. The number of methoxy groups -OCH3 is 1. The lowest BCUT2D eigenvalue weighted by atomic mass is 10.1. The van der Waals surface area contributed by atoms with Crippen molar-refractivity contribution in [3.8, 4) is 11.8 Å². The summed E-state index contributed by atoms with van der Waals surface area (Å²) in [5.41, 5.74) is 1.40. The number of hydrogen-bond donors (Lipinski definition) is 0. The van der Waals surface area contributed by atoms with Gasteiger partial charge in [0.25, 0.3) is 0 Å². The third kappa shape index (κ3) is 2.00. The van der Waals surface area contributed by atoms with E-state index in [1.165, 1.54) is 0 Å². The molecule has 0 N–H and O–H groups in total. The fraction of sp³-hybridized carbons (Fsp3) is 0.231. The first-order valence-electron chi connectivity index (χ1n) is 5.22. The zero-order valence-electron chi connectivity index (χ0n) is 10.1. The largest absolute Gasteiger partial charge is 0.497 e. The Morgan fingerprint density at radius 1 is 1.29 bits per heavy atom. The molecule has 0 unspecified atom stereocenters. The molecule has 4 nitrogen and oxygen atoms in total. The predicted molar refractivity (Wildman–Crippen MR) is 67.3 cm³/mol. The summed E-state index contributed by atoms with van der Waals surface area (Å²) in [5.74, 6) is 1.44. The molecule has 0 aliphatic heterocycles. The molecule has 86 valence electrons. The SMILES string of the molecule is COc1ccc2cc(C#N)c(N(C)C)nc2c1. The van der Waals surface area contributed by atoms with Crippen molar-refractivity contribution in [1.29, 1.82) is 5.26 Å². The normalized spacial score (nSPS) is 10.0. The van der Waals surface area contributed by atoms with Crippen molar-refractivity contribution in [3.63, 3.8) is 0 Å². The molecule has 0 saturated heterocycles. The van der Waals surface area contributed by atoms with Crippen LogP contribution in [-0.2, 0) is 0 Å². The van der Waals surface area contributed by atoms with Gasteiger partial charge >= 0.3 is 0 Å². The Morgan fingerprint density at radius 2 is 2.06 bits per heavy atom. The van der Waals surface area contributed by atoms with Crippen molar-refractivity contribution in [1.82, 2.24) is 4.98 Å². The lowest BCUT2D eigenvalue weighted by molar-refractivity contribution is 0.415. The number of nitriles is 1. The molecule has 2 aromatic rings. The number of hydrogen-bond acceptors (Lipinski definition) is 4. The smallest absolute Gasteiger partial charge is 0.146 e. The minimum Gasteiger partial charge on any atom is -0.497 e. The van der Waals surface area contributed by atoms with E-state index in [1.54, 1.807) is 7.11 Å². The highest BCUT2D eigenvalue weighted by Gasteiger charge is 2.08. The van der Waals surface area contributed by atoms with Gasteiger partial charge in [-0.1, -0.05) is 0 Å². The van der Waals surface area contributed by atoms with Crippen molar-refractivity contribution < 1.29 is 4.74 Å². The van der Waals surface area contributed by atoms with Crippen LogP contribution in [-0.4, -0.2) is 26.2 Å². The second-order valence-corrected chi connectivity index (χ2v) is 3.92. The van der Waals surface area contributed by atoms with Gasteiger partial charge in [0, 0.05) is 25.5 Å². The van der Waals surface area contributed by atoms with Gasteiger partial charge in [-0.15, -0.1) is 0 Å². The first-order valence-corrected chi connectivity index (χ1v) is 5.22. The highest BCUT2D eigenvalue weighted by atomic mass is 16.5. The predicted octanol–water partition coefficient (Wildman–Crippen LogP) is 2.18. The van der Waals surface area contributed by atoms with E-state index >= 15 is 0 Å². The van der Waals surface area contributed by atoms with E-state index in [0.29, 0.717) is 11.4 Å². The Morgan fingerprint density at radius 3 is 2.65 bits per heavy atom. The van der Waals surface area contributed by atoms with E-state index in [0.717, 1.165) is 16.7 Å². The quantitative estimate of drug-likeness (QED) is 0.789. The topological polar surface area (TPSA) is 49.1 Å². The van der Waals surface area contributed by atoms with Crippen LogP contribution in [0.15, 0.2) is 24.3 Å². The molecule has 0 atom stereocenters. The molecule has 0 radical (unpaired) electrons. The molecule has 4 heteroatoms. The molecule has 0 bridgehead atoms. The summed E-state index contributed by atoms with van der Waals surface area (Å²) < 4.78 is 5.16. The van der Waals surface area contributed by atoms with Crippen LogP contribution in [0.5, 0.6) is 5.75 Å². The first-order chi connectivity index (χ1) is 8.15. The van der Waals surface area contributed by atoms with E-state index in [2.05, 4.69) is 11.1 Å². The van der Waals surface area contributed by atoms with Crippen LogP contribution in [0.4, 0.5) is 5.82 Å². The molecule has 1 aromatic heterocycles. The summed E-state index contributed by atoms with van der Waals surface area (Å²) in [4.78, 5) is 6.31. The Hall–Kier alpha value is -2.28. The average Bonchev–Trinajstić information content (AvgIpc) is 2.36. The molecule has 1 aromatic carbocycles. The van der Waals surface area contributed by atoms with Crippen LogP contribution in [0, 0.1) is 11.3 Å². The number of fused-ring (bicyclic) bond motifs is 1. The van der Waals surface area contributed by atoms with Crippen LogP contribution >= 0.6 is 0 Å². The minimum absolute atomic E-state index is 0.577. The van der Waals surface area contributed by atoms with Crippen LogP contribution < -0.4 is 9.64 Å². The molecule has 0 aliphatic carbocycles. The van der Waals surface area contributed by atoms with Gasteiger partial charge in [0.05, 0.1) is 18.2 Å². The van der Waals surface area contributed by atoms with E-state index < -0.39 is 0 Å². The molecular formula is C13H13N3O. The van der Waals surface area contributed by atoms with Crippen molar-refractivity contribution in [2.75, 3.05) is 26.1 Å². The molecule has 17 heavy (non-hydrogen) atoms. The highest BCUT2D eigenvalue weighted by Crippen LogP contribution is 2.24. The summed E-state index contributed by atoms with van der Waals surface area (Å²) in [7, 11) is 5.36. The van der Waals surface area contributed by atoms with Gasteiger partial charge in [-0.25, -0.2) is 4.98 Å². The third-order valence-electron chi connectivity index (χ3n) is 2.55. The maximum atomic E-state index is 9.09. The third-order valence-corrected chi connectivity index (χ3v) is 2.55. The van der Waals surface area contributed by atoms with Crippen LogP contribution in [0.3, 0.4) is 0 Å². The fourth-order valence-corrected chi connectivity index (χ4v) is 1.69. The Kier molecular flexibility index (Phi) is 2.84. The van der Waals surface area contributed by atoms with Gasteiger partial charge in [0.2, 0.25) is 0 Å². The zero-order valence-corrected chi connectivity index (χ0v) is 10.1. The summed E-state index contributed by atoms with van der Waals surface area (Å²) >= 11 is 0. The highest BCUT2D eigenvalue weighted by molar-refractivity contribution is 5.84. The molecule has 0 amide bonds. The van der Waals surface area contributed by atoms with Crippen molar-refractivity contribution >= 4 is 16.7 Å². The van der Waals surface area contributed by atoms with Gasteiger partial charge in [0.15, 0.2) is 0 Å². The van der Waals surface area contributed by atoms with Gasteiger partial charge in [0.1, 0.15) is 17.6 Å². The molecule has 0 spiro atoms. The lowest BCUT2D eigenvalue weighted by Crippen LogP contribution is -2.12. The van der Waals surface area contributed by atoms with Crippen LogP contribution in [0.2, 0.25) is 0 Å². The van der Waals surface area contributed by atoms with E-state index in [-0.39, 0.29) is 0 Å². The van der Waals surface area contributed by atoms with Gasteiger partial charge in [-0.2, -0.15) is 5.26 Å². The molecule has 0 aliphatic rings. The number of benzene rings is 1. The summed E-state index contributed by atoms with van der Waals surface area (Å²) in [5, 5.41) is 10.0. The van der Waals surface area contributed by atoms with Gasteiger partial charge in [-0.05, 0) is 18.2 Å². The van der Waals surface area contributed by atoms with Gasteiger partial charge in [-0.3, -0.25) is 0 Å². The van der Waals surface area contributed by atoms with Crippen LogP contribution in [0.1, 0.15) is 5.56 Å². The first kappa shape index (κ1) is 11.2. The van der Waals surface area contributed by atoms with E-state index in [1.807, 2.05) is 43.3 Å². The van der Waals surface area contributed by atoms with Crippen molar-refractivity contribution in [2.45, 2.75) is 0 Å². The Bertz CT molecular complexity index is 599. The standard InChI is InChI=1S/C13H13N3O/c1-16(2)13-10(8-14)6-9-4-5-11(17-3)7-12(9)15-13/h4-7H,1-3H3. The number of rotatable bonds is 2. The fourth-order valence-electron chi connectivity index (χ4n) is 1.69. The van der Waals surface area contributed by atoms with Crippen LogP contribution in [0.25, 0.3) is 10.9 Å².